The number of esters is 1. The number of rotatable bonds is 6. The molecule has 0 saturated carbocycles. The zero-order valence-corrected chi connectivity index (χ0v) is 15.6. The first-order chi connectivity index (χ1) is 13.6. The van der Waals surface area contributed by atoms with Gasteiger partial charge < -0.3 is 19.3 Å². The van der Waals surface area contributed by atoms with Gasteiger partial charge >= 0.3 is 5.97 Å². The fourth-order valence-corrected chi connectivity index (χ4v) is 2.96. The molecule has 0 atom stereocenters. The fourth-order valence-electron chi connectivity index (χ4n) is 2.96. The summed E-state index contributed by atoms with van der Waals surface area (Å²) in [6, 6.07) is 9.43. The fraction of sp³-hybridized carbons (Fsp3) is 0.350. The molecule has 1 saturated heterocycles. The van der Waals surface area contributed by atoms with E-state index >= 15 is 0 Å². The second kappa shape index (κ2) is 9.16. The number of ether oxygens (including phenoxy) is 2. The zero-order valence-electron chi connectivity index (χ0n) is 15.6. The molecular formula is C20H22FN3O4. The summed E-state index contributed by atoms with van der Waals surface area (Å²) in [5, 5.41) is 0. The normalized spacial score (nSPS) is 13.9. The number of amides is 1. The summed E-state index contributed by atoms with van der Waals surface area (Å²) in [4.78, 5) is 32.3. The smallest absolute Gasteiger partial charge is 0.344 e. The molecule has 1 aliphatic heterocycles. The predicted molar refractivity (Wildman–Crippen MR) is 101 cm³/mol. The molecule has 1 aromatic carbocycles. The van der Waals surface area contributed by atoms with Crippen LogP contribution >= 0.6 is 0 Å². The molecule has 1 fully saturated rings. The number of anilines is 1. The van der Waals surface area contributed by atoms with E-state index < -0.39 is 5.97 Å². The van der Waals surface area contributed by atoms with Crippen molar-refractivity contribution in [3.63, 3.8) is 0 Å². The summed E-state index contributed by atoms with van der Waals surface area (Å²) in [5.74, 6) is -0.986. The van der Waals surface area contributed by atoms with Gasteiger partial charge in [0.05, 0.1) is 6.61 Å². The Morgan fingerprint density at radius 1 is 1.11 bits per heavy atom. The third kappa shape index (κ3) is 4.76. The number of aromatic nitrogens is 1. The van der Waals surface area contributed by atoms with Gasteiger partial charge in [-0.3, -0.25) is 4.79 Å². The Morgan fingerprint density at radius 3 is 2.50 bits per heavy atom. The van der Waals surface area contributed by atoms with Gasteiger partial charge in [-0.15, -0.1) is 0 Å². The lowest BCUT2D eigenvalue weighted by Gasteiger charge is -2.36. The first-order valence-corrected chi connectivity index (χ1v) is 9.11. The van der Waals surface area contributed by atoms with Crippen LogP contribution in [0.5, 0.6) is 5.88 Å². The van der Waals surface area contributed by atoms with Crippen molar-refractivity contribution in [2.24, 2.45) is 0 Å². The van der Waals surface area contributed by atoms with E-state index in [4.69, 9.17) is 9.47 Å². The van der Waals surface area contributed by atoms with Gasteiger partial charge in [-0.05, 0) is 43.3 Å². The van der Waals surface area contributed by atoms with Crippen LogP contribution < -0.4 is 9.64 Å². The number of carbonyl (C=O) groups excluding carboxylic acids is 2. The maximum atomic E-state index is 13.0. The summed E-state index contributed by atoms with van der Waals surface area (Å²) in [6.45, 7) is 4.09. The number of pyridine rings is 1. The first-order valence-electron chi connectivity index (χ1n) is 9.11. The van der Waals surface area contributed by atoms with E-state index in [2.05, 4.69) is 9.88 Å². The molecule has 1 aromatic heterocycles. The molecule has 0 bridgehead atoms. The topological polar surface area (TPSA) is 72.0 Å². The predicted octanol–water partition coefficient (Wildman–Crippen LogP) is 2.12. The van der Waals surface area contributed by atoms with E-state index in [9.17, 15) is 14.0 Å². The van der Waals surface area contributed by atoms with Crippen molar-refractivity contribution in [3.8, 4) is 5.88 Å². The average Bonchev–Trinajstić information content (AvgIpc) is 2.73. The van der Waals surface area contributed by atoms with E-state index in [1.807, 2.05) is 0 Å². The van der Waals surface area contributed by atoms with Crippen molar-refractivity contribution in [2.45, 2.75) is 6.92 Å². The Labute approximate surface area is 162 Å². The maximum Gasteiger partial charge on any atom is 0.344 e. The quantitative estimate of drug-likeness (QED) is 0.707. The van der Waals surface area contributed by atoms with E-state index in [-0.39, 0.29) is 29.8 Å². The number of hydrogen-bond acceptors (Lipinski definition) is 6. The molecule has 2 aromatic rings. The van der Waals surface area contributed by atoms with Crippen LogP contribution in [0.4, 0.5) is 10.1 Å². The van der Waals surface area contributed by atoms with Crippen LogP contribution in [0.25, 0.3) is 0 Å². The van der Waals surface area contributed by atoms with Crippen molar-refractivity contribution in [1.82, 2.24) is 9.88 Å². The molecule has 0 radical (unpaired) electrons. The number of benzene rings is 1. The maximum absolute atomic E-state index is 13.0. The van der Waals surface area contributed by atoms with E-state index in [0.29, 0.717) is 32.8 Å². The summed E-state index contributed by atoms with van der Waals surface area (Å²) < 4.78 is 23.5. The van der Waals surface area contributed by atoms with E-state index in [1.165, 1.54) is 18.3 Å². The number of hydrogen-bond donors (Lipinski definition) is 0. The van der Waals surface area contributed by atoms with Gasteiger partial charge in [0, 0.05) is 38.1 Å². The minimum atomic E-state index is -0.644. The van der Waals surface area contributed by atoms with Gasteiger partial charge in [0.15, 0.2) is 6.61 Å². The largest absolute Gasteiger partial charge is 0.477 e. The molecular weight excluding hydrogens is 365 g/mol. The van der Waals surface area contributed by atoms with Crippen molar-refractivity contribution >= 4 is 17.6 Å². The van der Waals surface area contributed by atoms with E-state index in [1.54, 1.807) is 36.1 Å². The molecule has 1 amide bonds. The zero-order chi connectivity index (χ0) is 19.9. The van der Waals surface area contributed by atoms with Crippen molar-refractivity contribution < 1.29 is 23.5 Å². The van der Waals surface area contributed by atoms with Gasteiger partial charge in [-0.2, -0.15) is 0 Å². The summed E-state index contributed by atoms with van der Waals surface area (Å²) in [6.07, 6.45) is 1.52. The van der Waals surface area contributed by atoms with Gasteiger partial charge in [-0.25, -0.2) is 14.2 Å². The number of nitrogens with zero attached hydrogens (tertiary/aromatic N) is 3. The van der Waals surface area contributed by atoms with Crippen LogP contribution in [0.15, 0.2) is 42.6 Å². The molecule has 148 valence electrons. The van der Waals surface area contributed by atoms with Crippen molar-refractivity contribution in [1.29, 1.82) is 0 Å². The molecule has 7 nitrogen and oxygen atoms in total. The van der Waals surface area contributed by atoms with Crippen LogP contribution in [0, 0.1) is 5.82 Å². The van der Waals surface area contributed by atoms with E-state index in [0.717, 1.165) is 5.69 Å². The first kappa shape index (κ1) is 19.6. The molecule has 0 unspecified atom stereocenters. The molecule has 8 heteroatoms. The van der Waals surface area contributed by atoms with Crippen molar-refractivity contribution in [2.75, 3.05) is 44.3 Å². The summed E-state index contributed by atoms with van der Waals surface area (Å²) in [5.41, 5.74) is 1.11. The van der Waals surface area contributed by atoms with Gasteiger partial charge in [0.2, 0.25) is 5.88 Å². The second-order valence-corrected chi connectivity index (χ2v) is 6.21. The lowest BCUT2D eigenvalue weighted by molar-refractivity contribution is -0.134. The third-order valence-electron chi connectivity index (χ3n) is 4.42. The number of carbonyl (C=O) groups is 2. The lowest BCUT2D eigenvalue weighted by atomic mass is 10.2. The SMILES string of the molecule is CCOc1ncccc1C(=O)OCC(=O)N1CCN(c2ccc(F)cc2)CC1. The Balaban J connectivity index is 1.49. The third-order valence-corrected chi connectivity index (χ3v) is 4.42. The van der Waals surface area contributed by atoms with Crippen LogP contribution in [-0.2, 0) is 9.53 Å². The standard InChI is InChI=1S/C20H22FN3O4/c1-2-27-19-17(4-3-9-22-19)20(26)28-14-18(25)24-12-10-23(11-13-24)16-7-5-15(21)6-8-16/h3-9H,2,10-14H2,1H3. The number of halogens is 1. The minimum absolute atomic E-state index is 0.190. The second-order valence-electron chi connectivity index (χ2n) is 6.21. The van der Waals surface area contributed by atoms with Crippen LogP contribution in [0.3, 0.4) is 0 Å². The Morgan fingerprint density at radius 2 is 1.82 bits per heavy atom. The molecule has 0 spiro atoms. The lowest BCUT2D eigenvalue weighted by Crippen LogP contribution is -2.49. The highest BCUT2D eigenvalue weighted by Crippen LogP contribution is 2.18. The molecule has 28 heavy (non-hydrogen) atoms. The molecule has 1 aliphatic rings. The summed E-state index contributed by atoms with van der Waals surface area (Å²) >= 11 is 0. The van der Waals surface area contributed by atoms with Crippen LogP contribution in [-0.4, -0.2) is 61.2 Å². The van der Waals surface area contributed by atoms with Crippen molar-refractivity contribution in [3.05, 3.63) is 54.0 Å². The average molecular weight is 387 g/mol. The highest BCUT2D eigenvalue weighted by atomic mass is 19.1. The van der Waals surface area contributed by atoms with Gasteiger partial charge in [-0.1, -0.05) is 0 Å². The highest BCUT2D eigenvalue weighted by molar-refractivity contribution is 5.93. The highest BCUT2D eigenvalue weighted by Gasteiger charge is 2.23. The van der Waals surface area contributed by atoms with Crippen LogP contribution in [0.2, 0.25) is 0 Å². The minimum Gasteiger partial charge on any atom is -0.477 e. The molecule has 0 aliphatic carbocycles. The summed E-state index contributed by atoms with van der Waals surface area (Å²) in [7, 11) is 0. The van der Waals surface area contributed by atoms with Gasteiger partial charge in [0.25, 0.3) is 5.91 Å². The Kier molecular flexibility index (Phi) is 6.41. The Hall–Kier alpha value is -3.16. The molecule has 0 N–H and O–H groups in total. The molecule has 2 heterocycles. The Bertz CT molecular complexity index is 820. The molecule has 3 rings (SSSR count). The monoisotopic (exact) mass is 387 g/mol. The van der Waals surface area contributed by atoms with Crippen LogP contribution in [0.1, 0.15) is 17.3 Å². The number of piperazine rings is 1. The van der Waals surface area contributed by atoms with Gasteiger partial charge in [0.1, 0.15) is 11.4 Å².